The molecule has 0 spiro atoms. The molecule has 0 aromatic carbocycles. The van der Waals surface area contributed by atoms with Crippen molar-refractivity contribution < 1.29 is 28.8 Å². The minimum Gasteiger partial charge on any atom is -0.363 e. The molecule has 4 atom stereocenters. The van der Waals surface area contributed by atoms with Crippen molar-refractivity contribution in [2.45, 2.75) is 78.8 Å². The maximum Gasteiger partial charge on any atom is 0.315 e. The quantitative estimate of drug-likeness (QED) is 0.207. The molecule has 0 unspecified atom stereocenters. The second-order valence-corrected chi connectivity index (χ2v) is 14.2. The SMILES string of the molecule is CN(CC1CC1)C(=O)CNC(=O)N[C@H](C(=O)N1C[C@H]2[C@@H]([C@H]1C(=O)N/C(=C/C1CCC1)C(=O)C(N)=O)C2(C)C)C(C)(C)C. The van der Waals surface area contributed by atoms with E-state index in [0.717, 1.165) is 32.1 Å². The van der Waals surface area contributed by atoms with Gasteiger partial charge in [-0.05, 0) is 60.2 Å². The molecule has 4 aliphatic rings. The zero-order chi connectivity index (χ0) is 31.1. The molecule has 0 radical (unpaired) electrons. The van der Waals surface area contributed by atoms with Gasteiger partial charge < -0.3 is 31.5 Å². The van der Waals surface area contributed by atoms with Crippen LogP contribution in [-0.4, -0.2) is 84.0 Å². The molecule has 6 amide bonds. The zero-order valence-corrected chi connectivity index (χ0v) is 25.6. The number of likely N-dealkylation sites (tertiary alicyclic amines) is 1. The number of rotatable bonds is 11. The highest BCUT2D eigenvalue weighted by atomic mass is 16.2. The van der Waals surface area contributed by atoms with E-state index in [9.17, 15) is 28.8 Å². The van der Waals surface area contributed by atoms with Crippen molar-refractivity contribution in [3.8, 4) is 0 Å². The first-order valence-corrected chi connectivity index (χ1v) is 15.0. The highest BCUT2D eigenvalue weighted by Crippen LogP contribution is 2.65. The van der Waals surface area contributed by atoms with E-state index in [-0.39, 0.29) is 41.3 Å². The van der Waals surface area contributed by atoms with Gasteiger partial charge in [0, 0.05) is 20.1 Å². The number of carbonyl (C=O) groups is 6. The number of fused-ring (bicyclic) bond motifs is 1. The summed E-state index contributed by atoms with van der Waals surface area (Å²) in [5, 5.41) is 7.94. The number of primary amides is 1. The first kappa shape index (κ1) is 31.5. The number of likely N-dealkylation sites (N-methyl/N-ethyl adjacent to an activating group) is 1. The molecule has 232 valence electrons. The Kier molecular flexibility index (Phi) is 8.76. The van der Waals surface area contributed by atoms with Gasteiger partial charge in [0.05, 0.1) is 12.2 Å². The van der Waals surface area contributed by atoms with Gasteiger partial charge >= 0.3 is 6.03 Å². The van der Waals surface area contributed by atoms with Crippen molar-refractivity contribution in [1.82, 2.24) is 25.8 Å². The van der Waals surface area contributed by atoms with Gasteiger partial charge in [-0.25, -0.2) is 4.79 Å². The number of amides is 6. The lowest BCUT2D eigenvalue weighted by Gasteiger charge is -2.37. The molecule has 0 aromatic heterocycles. The third-order valence-corrected chi connectivity index (χ3v) is 9.48. The predicted molar refractivity (Wildman–Crippen MR) is 154 cm³/mol. The highest BCUT2D eigenvalue weighted by Gasteiger charge is 2.69. The molecule has 0 aromatic rings. The Bertz CT molecular complexity index is 1180. The van der Waals surface area contributed by atoms with Gasteiger partial charge in [0.15, 0.2) is 0 Å². The lowest BCUT2D eigenvalue weighted by Crippen LogP contribution is -2.60. The van der Waals surface area contributed by atoms with Crippen molar-refractivity contribution in [3.63, 3.8) is 0 Å². The average Bonchev–Trinajstić information content (AvgIpc) is 3.72. The van der Waals surface area contributed by atoms with Crippen LogP contribution in [0.4, 0.5) is 4.79 Å². The Morgan fingerprint density at radius 1 is 1.07 bits per heavy atom. The number of hydrogen-bond donors (Lipinski definition) is 4. The van der Waals surface area contributed by atoms with E-state index >= 15 is 0 Å². The van der Waals surface area contributed by atoms with Gasteiger partial charge in [-0.3, -0.25) is 24.0 Å². The van der Waals surface area contributed by atoms with Crippen molar-refractivity contribution in [1.29, 1.82) is 0 Å². The number of hydrogen-bond acceptors (Lipinski definition) is 6. The van der Waals surface area contributed by atoms with E-state index in [4.69, 9.17) is 5.73 Å². The third kappa shape index (κ3) is 6.78. The third-order valence-electron chi connectivity index (χ3n) is 9.48. The molecular formula is C30H46N6O6. The molecule has 42 heavy (non-hydrogen) atoms. The molecule has 3 aliphatic carbocycles. The normalized spacial score (nSPS) is 25.4. The molecule has 5 N–H and O–H groups in total. The number of ketones is 1. The Balaban J connectivity index is 1.47. The number of allylic oxidation sites excluding steroid dienone is 1. The second kappa shape index (κ2) is 11.7. The van der Waals surface area contributed by atoms with E-state index in [1.165, 1.54) is 4.90 Å². The van der Waals surface area contributed by atoms with E-state index in [2.05, 4.69) is 16.0 Å². The highest BCUT2D eigenvalue weighted by molar-refractivity contribution is 6.42. The molecule has 1 aliphatic heterocycles. The van der Waals surface area contributed by atoms with E-state index < -0.39 is 47.0 Å². The number of urea groups is 1. The van der Waals surface area contributed by atoms with Crippen molar-refractivity contribution in [2.75, 3.05) is 26.7 Å². The van der Waals surface area contributed by atoms with Gasteiger partial charge in [-0.1, -0.05) is 47.1 Å². The number of nitrogens with zero attached hydrogens (tertiary/aromatic N) is 2. The summed E-state index contributed by atoms with van der Waals surface area (Å²) in [7, 11) is 1.71. The lowest BCUT2D eigenvalue weighted by molar-refractivity contribution is -0.143. The standard InChI is InChI=1S/C30H46N6O6/c1-29(2,3)24(34-28(42)32-13-20(37)35(6)14-17-10-11-17)27(41)36-15-18-21(30(18,4)5)22(36)26(40)33-19(23(38)25(31)39)12-16-8-7-9-16/h12,16-18,21-22,24H,7-11,13-15H2,1-6H3,(H2,31,39)(H,33,40)(H2,32,34,42)/b19-12+/t18-,21-,22-,24+/m0/s1. The molecule has 4 fully saturated rings. The Hall–Kier alpha value is -3.44. The van der Waals surface area contributed by atoms with Crippen LogP contribution in [0.25, 0.3) is 0 Å². The van der Waals surface area contributed by atoms with E-state index in [1.54, 1.807) is 18.0 Å². The maximum absolute atomic E-state index is 14.0. The minimum atomic E-state index is -1.16. The van der Waals surface area contributed by atoms with Crippen molar-refractivity contribution >= 4 is 35.4 Å². The summed E-state index contributed by atoms with van der Waals surface area (Å²) in [6.45, 7) is 10.3. The number of piperidine rings is 1. The van der Waals surface area contributed by atoms with Crippen LogP contribution in [0.2, 0.25) is 0 Å². The zero-order valence-electron chi connectivity index (χ0n) is 25.6. The van der Waals surface area contributed by atoms with Crippen LogP contribution in [0, 0.1) is 34.5 Å². The Labute approximate surface area is 247 Å². The van der Waals surface area contributed by atoms with E-state index in [0.29, 0.717) is 19.0 Å². The topological polar surface area (TPSA) is 171 Å². The smallest absolute Gasteiger partial charge is 0.315 e. The van der Waals surface area contributed by atoms with Gasteiger partial charge in [-0.2, -0.15) is 0 Å². The van der Waals surface area contributed by atoms with Crippen LogP contribution in [-0.2, 0) is 24.0 Å². The molecule has 1 saturated heterocycles. The fourth-order valence-electron chi connectivity index (χ4n) is 6.25. The largest absolute Gasteiger partial charge is 0.363 e. The van der Waals surface area contributed by atoms with Crippen molar-refractivity contribution in [2.24, 2.45) is 40.2 Å². The number of Topliss-reactive ketones (excluding diaryl/α,β-unsaturated/α-hetero) is 1. The van der Waals surface area contributed by atoms with Gasteiger partial charge in [-0.15, -0.1) is 0 Å². The first-order chi connectivity index (χ1) is 19.5. The molecule has 1 heterocycles. The van der Waals surface area contributed by atoms with Crippen LogP contribution in [0.3, 0.4) is 0 Å². The molecule has 4 rings (SSSR count). The van der Waals surface area contributed by atoms with Gasteiger partial charge in [0.25, 0.3) is 11.7 Å². The van der Waals surface area contributed by atoms with Crippen LogP contribution in [0.1, 0.15) is 66.7 Å². The van der Waals surface area contributed by atoms with Crippen LogP contribution >= 0.6 is 0 Å². The number of nitrogens with two attached hydrogens (primary N) is 1. The summed E-state index contributed by atoms with van der Waals surface area (Å²) in [6.07, 6.45) is 6.50. The number of nitrogens with one attached hydrogen (secondary N) is 3. The summed E-state index contributed by atoms with van der Waals surface area (Å²) in [5.41, 5.74) is 4.20. The monoisotopic (exact) mass is 586 g/mol. The lowest BCUT2D eigenvalue weighted by atomic mass is 9.84. The molecule has 0 bridgehead atoms. The molecule has 12 heteroatoms. The summed E-state index contributed by atoms with van der Waals surface area (Å²) in [6, 6.07) is -2.54. The van der Waals surface area contributed by atoms with E-state index in [1.807, 2.05) is 34.6 Å². The fourth-order valence-corrected chi connectivity index (χ4v) is 6.25. The molecular weight excluding hydrogens is 540 g/mol. The predicted octanol–water partition coefficient (Wildman–Crippen LogP) is 0.906. The summed E-state index contributed by atoms with van der Waals surface area (Å²) in [5.74, 6) is -2.82. The van der Waals surface area contributed by atoms with Crippen LogP contribution in [0.5, 0.6) is 0 Å². The molecule has 3 saturated carbocycles. The van der Waals surface area contributed by atoms with Crippen LogP contribution < -0.4 is 21.7 Å². The summed E-state index contributed by atoms with van der Waals surface area (Å²) < 4.78 is 0. The minimum absolute atomic E-state index is 0.0668. The van der Waals surface area contributed by atoms with Crippen LogP contribution in [0.15, 0.2) is 11.8 Å². The fraction of sp³-hybridized carbons (Fsp3) is 0.733. The molecule has 12 nitrogen and oxygen atoms in total. The summed E-state index contributed by atoms with van der Waals surface area (Å²) >= 11 is 0. The second-order valence-electron chi connectivity index (χ2n) is 14.2. The summed E-state index contributed by atoms with van der Waals surface area (Å²) in [4.78, 5) is 80.4. The average molecular weight is 587 g/mol. The Morgan fingerprint density at radius 2 is 1.71 bits per heavy atom. The Morgan fingerprint density at radius 3 is 2.24 bits per heavy atom. The number of carbonyl (C=O) groups excluding carboxylic acids is 6. The van der Waals surface area contributed by atoms with Crippen molar-refractivity contribution in [3.05, 3.63) is 11.8 Å². The van der Waals surface area contributed by atoms with Gasteiger partial charge in [0.1, 0.15) is 12.1 Å². The maximum atomic E-state index is 14.0. The first-order valence-electron chi connectivity index (χ1n) is 15.0. The van der Waals surface area contributed by atoms with Gasteiger partial charge in [0.2, 0.25) is 17.7 Å².